The summed E-state index contributed by atoms with van der Waals surface area (Å²) in [7, 11) is 0. The van der Waals surface area contributed by atoms with Crippen molar-refractivity contribution in [3.8, 4) is 5.75 Å². The molecule has 4 rings (SSSR count). The fourth-order valence-corrected chi connectivity index (χ4v) is 4.82. The second kappa shape index (κ2) is 11.7. The Labute approximate surface area is 227 Å². The van der Waals surface area contributed by atoms with Crippen LogP contribution in [0.2, 0.25) is 0 Å². The molecular weight excluding hydrogens is 559 g/mol. The van der Waals surface area contributed by atoms with Gasteiger partial charge in [-0.25, -0.2) is 4.39 Å². The van der Waals surface area contributed by atoms with Crippen molar-refractivity contribution in [2.75, 3.05) is 11.9 Å². The quantitative estimate of drug-likeness (QED) is 0.290. The number of nitrogens with zero attached hydrogens (tertiary/aromatic N) is 1. The normalized spacial score (nSPS) is 14.5. The number of hydrogen-bond donors (Lipinski definition) is 1. The van der Waals surface area contributed by atoms with Crippen LogP contribution in [0.1, 0.15) is 36.5 Å². The molecule has 0 saturated carbocycles. The minimum absolute atomic E-state index is 0.00502. The number of thioether (sulfide) groups is 1. The first-order valence-corrected chi connectivity index (χ1v) is 13.1. The van der Waals surface area contributed by atoms with Crippen LogP contribution in [0.25, 0.3) is 6.08 Å². The maximum atomic E-state index is 14.0. The van der Waals surface area contributed by atoms with E-state index in [0.29, 0.717) is 28.5 Å². The van der Waals surface area contributed by atoms with E-state index < -0.39 is 23.6 Å². The van der Waals surface area contributed by atoms with Gasteiger partial charge in [0, 0.05) is 21.3 Å². The summed E-state index contributed by atoms with van der Waals surface area (Å²) in [6.45, 7) is 3.75. The Balaban J connectivity index is 1.46. The zero-order chi connectivity index (χ0) is 26.5. The third kappa shape index (κ3) is 6.67. The number of amides is 3. The molecule has 9 heteroatoms. The van der Waals surface area contributed by atoms with Crippen molar-refractivity contribution in [2.24, 2.45) is 0 Å². The smallest absolute Gasteiger partial charge is 0.294 e. The number of nitrogens with one attached hydrogen (secondary N) is 1. The lowest BCUT2D eigenvalue weighted by molar-refractivity contribution is -0.127. The van der Waals surface area contributed by atoms with Gasteiger partial charge in [0.2, 0.25) is 5.91 Å². The van der Waals surface area contributed by atoms with E-state index in [1.165, 1.54) is 12.1 Å². The summed E-state index contributed by atoms with van der Waals surface area (Å²) in [5, 5.41) is 2.19. The molecule has 0 radical (unpaired) electrons. The highest BCUT2D eigenvalue weighted by Crippen LogP contribution is 2.35. The Bertz CT molecular complexity index is 1370. The number of carbonyl (C=O) groups is 3. The highest BCUT2D eigenvalue weighted by molar-refractivity contribution is 9.10. The Kier molecular flexibility index (Phi) is 8.45. The van der Waals surface area contributed by atoms with Crippen LogP contribution in [-0.4, -0.2) is 28.5 Å². The van der Waals surface area contributed by atoms with Gasteiger partial charge in [-0.2, -0.15) is 0 Å². The van der Waals surface area contributed by atoms with Gasteiger partial charge in [0.15, 0.2) is 0 Å². The Hall–Kier alpha value is -3.43. The van der Waals surface area contributed by atoms with E-state index in [9.17, 15) is 18.8 Å². The molecule has 6 nitrogen and oxygen atoms in total. The lowest BCUT2D eigenvalue weighted by Crippen LogP contribution is -2.36. The molecule has 3 amide bonds. The average molecular weight is 583 g/mol. The molecule has 3 aromatic rings. The SMILES string of the molecule is CC(C)c1ccc(NC(=O)CN2C(=O)S/C(=C\c3cc(Br)ccc3OCc3ccccc3F)C2=O)cc1. The van der Waals surface area contributed by atoms with E-state index >= 15 is 0 Å². The van der Waals surface area contributed by atoms with E-state index in [0.717, 1.165) is 26.7 Å². The number of anilines is 1. The van der Waals surface area contributed by atoms with Gasteiger partial charge in [0.1, 0.15) is 24.7 Å². The second-order valence-electron chi connectivity index (χ2n) is 8.65. The molecule has 0 bridgehead atoms. The van der Waals surface area contributed by atoms with E-state index in [2.05, 4.69) is 35.1 Å². The largest absolute Gasteiger partial charge is 0.488 e. The molecule has 0 atom stereocenters. The van der Waals surface area contributed by atoms with Crippen LogP contribution in [-0.2, 0) is 16.2 Å². The molecule has 3 aromatic carbocycles. The topological polar surface area (TPSA) is 75.7 Å². The highest BCUT2D eigenvalue weighted by atomic mass is 79.9. The van der Waals surface area contributed by atoms with Crippen molar-refractivity contribution in [3.05, 3.63) is 98.6 Å². The monoisotopic (exact) mass is 582 g/mol. The summed E-state index contributed by atoms with van der Waals surface area (Å²) < 4.78 is 20.5. The summed E-state index contributed by atoms with van der Waals surface area (Å²) in [4.78, 5) is 39.2. The number of benzene rings is 3. The van der Waals surface area contributed by atoms with Gasteiger partial charge < -0.3 is 10.1 Å². The number of halogens is 2. The Morgan fingerprint density at radius 2 is 1.84 bits per heavy atom. The van der Waals surface area contributed by atoms with Crippen LogP contribution in [0.15, 0.2) is 76.1 Å². The van der Waals surface area contributed by atoms with Gasteiger partial charge in [0.05, 0.1) is 4.91 Å². The molecule has 1 fully saturated rings. The van der Waals surface area contributed by atoms with Gasteiger partial charge in [0.25, 0.3) is 11.1 Å². The van der Waals surface area contributed by atoms with Gasteiger partial charge >= 0.3 is 0 Å². The molecule has 1 aliphatic rings. The van der Waals surface area contributed by atoms with E-state index in [4.69, 9.17) is 4.74 Å². The fourth-order valence-electron chi connectivity index (χ4n) is 3.61. The van der Waals surface area contributed by atoms with Crippen molar-refractivity contribution in [1.29, 1.82) is 0 Å². The van der Waals surface area contributed by atoms with Gasteiger partial charge in [-0.05, 0) is 65.7 Å². The van der Waals surface area contributed by atoms with E-state index in [1.807, 2.05) is 12.1 Å². The summed E-state index contributed by atoms with van der Waals surface area (Å²) in [6.07, 6.45) is 1.54. The standard InChI is InChI=1S/C28H24BrFN2O4S/c1-17(2)18-7-10-22(11-8-18)31-26(33)15-32-27(34)25(37-28(32)35)14-20-13-21(29)9-12-24(20)36-16-19-5-3-4-6-23(19)30/h3-14,17H,15-16H2,1-2H3,(H,31,33)/b25-14-. The maximum absolute atomic E-state index is 14.0. The zero-order valence-electron chi connectivity index (χ0n) is 20.2. The van der Waals surface area contributed by atoms with Crippen molar-refractivity contribution in [1.82, 2.24) is 4.90 Å². The summed E-state index contributed by atoms with van der Waals surface area (Å²) in [5.41, 5.74) is 2.65. The molecule has 37 heavy (non-hydrogen) atoms. The molecule has 0 aromatic heterocycles. The molecule has 1 saturated heterocycles. The maximum Gasteiger partial charge on any atom is 0.294 e. The van der Waals surface area contributed by atoms with E-state index in [1.54, 1.807) is 48.5 Å². The van der Waals surface area contributed by atoms with Gasteiger partial charge in [-0.3, -0.25) is 19.3 Å². The zero-order valence-corrected chi connectivity index (χ0v) is 22.6. The third-order valence-electron chi connectivity index (χ3n) is 5.64. The first-order valence-electron chi connectivity index (χ1n) is 11.5. The van der Waals surface area contributed by atoms with Gasteiger partial charge in [-0.15, -0.1) is 0 Å². The van der Waals surface area contributed by atoms with Crippen molar-refractivity contribution in [2.45, 2.75) is 26.4 Å². The summed E-state index contributed by atoms with van der Waals surface area (Å²) in [6, 6.07) is 18.9. The van der Waals surface area contributed by atoms with Crippen molar-refractivity contribution >= 4 is 56.5 Å². The predicted octanol–water partition coefficient (Wildman–Crippen LogP) is 6.97. The second-order valence-corrected chi connectivity index (χ2v) is 10.6. The molecule has 0 spiro atoms. The Morgan fingerprint density at radius 1 is 1.11 bits per heavy atom. The van der Waals surface area contributed by atoms with Crippen LogP contribution in [0.3, 0.4) is 0 Å². The predicted molar refractivity (Wildman–Crippen MR) is 147 cm³/mol. The Morgan fingerprint density at radius 3 is 2.54 bits per heavy atom. The third-order valence-corrected chi connectivity index (χ3v) is 7.04. The fraction of sp³-hybridized carbons (Fsp3) is 0.179. The number of carbonyl (C=O) groups excluding carboxylic acids is 3. The van der Waals surface area contributed by atoms with Crippen molar-refractivity contribution < 1.29 is 23.5 Å². The molecule has 0 unspecified atom stereocenters. The summed E-state index contributed by atoms with van der Waals surface area (Å²) >= 11 is 4.15. The number of ether oxygens (including phenoxy) is 1. The highest BCUT2D eigenvalue weighted by Gasteiger charge is 2.36. The van der Waals surface area contributed by atoms with Crippen LogP contribution in [0.5, 0.6) is 5.75 Å². The molecule has 0 aliphatic carbocycles. The molecule has 1 aliphatic heterocycles. The minimum atomic E-state index is -0.569. The van der Waals surface area contributed by atoms with Crippen LogP contribution >= 0.6 is 27.7 Å². The molecular formula is C28H24BrFN2O4S. The average Bonchev–Trinajstić information content (AvgIpc) is 3.12. The number of imide groups is 1. The van der Waals surface area contributed by atoms with E-state index in [-0.39, 0.29) is 17.3 Å². The number of hydrogen-bond acceptors (Lipinski definition) is 5. The first kappa shape index (κ1) is 26.6. The van der Waals surface area contributed by atoms with Gasteiger partial charge in [-0.1, -0.05) is 60.1 Å². The minimum Gasteiger partial charge on any atom is -0.488 e. The van der Waals surface area contributed by atoms with Crippen molar-refractivity contribution in [3.63, 3.8) is 0 Å². The molecule has 1 N–H and O–H groups in total. The lowest BCUT2D eigenvalue weighted by atomic mass is 10.0. The molecule has 1 heterocycles. The number of rotatable bonds is 8. The first-order chi connectivity index (χ1) is 17.7. The molecule has 190 valence electrons. The lowest BCUT2D eigenvalue weighted by Gasteiger charge is -2.13. The summed E-state index contributed by atoms with van der Waals surface area (Å²) in [5.74, 6) is -0.641. The van der Waals surface area contributed by atoms with Crippen LogP contribution in [0.4, 0.5) is 14.9 Å². The van der Waals surface area contributed by atoms with Crippen LogP contribution in [0, 0.1) is 5.82 Å². The van der Waals surface area contributed by atoms with Crippen LogP contribution < -0.4 is 10.1 Å².